The third-order valence-electron chi connectivity index (χ3n) is 1.83. The van der Waals surface area contributed by atoms with E-state index in [0.29, 0.717) is 0 Å². The minimum atomic E-state index is -1.16. The molecule has 0 aliphatic heterocycles. The number of aromatic nitrogens is 2. The smallest absolute Gasteiger partial charge is 0.354 e. The molecule has 0 radical (unpaired) electrons. The molecule has 0 aliphatic carbocycles. The number of rotatable bonds is 3. The Hall–Kier alpha value is -2.37. The molecule has 0 spiro atoms. The van der Waals surface area contributed by atoms with Crippen LogP contribution in [0.2, 0.25) is 0 Å². The Kier molecular flexibility index (Phi) is 2.55. The van der Waals surface area contributed by atoms with Gasteiger partial charge in [-0.2, -0.15) is 0 Å². The number of benzene rings is 1. The lowest BCUT2D eigenvalue weighted by molar-refractivity contribution is 0.0690. The van der Waals surface area contributed by atoms with Gasteiger partial charge in [-0.1, -0.05) is 12.1 Å². The molecule has 0 saturated carbocycles. The van der Waals surface area contributed by atoms with Gasteiger partial charge in [-0.05, 0) is 12.1 Å². The molecule has 0 bridgehead atoms. The quantitative estimate of drug-likeness (QED) is 0.833. The van der Waals surface area contributed by atoms with Gasteiger partial charge < -0.3 is 14.8 Å². The first kappa shape index (κ1) is 10.2. The van der Waals surface area contributed by atoms with Crippen LogP contribution in [0.4, 0.5) is 4.39 Å². The Morgan fingerprint density at radius 2 is 2.19 bits per heavy atom. The van der Waals surface area contributed by atoms with Crippen molar-refractivity contribution in [2.75, 3.05) is 0 Å². The molecule has 2 N–H and O–H groups in total. The van der Waals surface area contributed by atoms with E-state index in [2.05, 4.69) is 9.97 Å². The van der Waals surface area contributed by atoms with Gasteiger partial charge in [0.2, 0.25) is 0 Å². The first-order valence-corrected chi connectivity index (χ1v) is 4.37. The molecule has 2 rings (SSSR count). The number of hydrogen-bond donors (Lipinski definition) is 2. The van der Waals surface area contributed by atoms with E-state index >= 15 is 0 Å². The molecule has 1 heterocycles. The monoisotopic (exact) mass is 222 g/mol. The molecular weight excluding hydrogens is 215 g/mol. The average molecular weight is 222 g/mol. The molecule has 0 aliphatic rings. The van der Waals surface area contributed by atoms with Crippen molar-refractivity contribution in [1.82, 2.24) is 9.97 Å². The molecule has 1 aromatic carbocycles. The Morgan fingerprint density at radius 3 is 2.81 bits per heavy atom. The predicted molar refractivity (Wildman–Crippen MR) is 52.0 cm³/mol. The van der Waals surface area contributed by atoms with E-state index in [4.69, 9.17) is 9.84 Å². The first-order valence-electron chi connectivity index (χ1n) is 4.37. The molecule has 0 unspecified atom stereocenters. The van der Waals surface area contributed by atoms with Gasteiger partial charge >= 0.3 is 5.97 Å². The van der Waals surface area contributed by atoms with E-state index in [9.17, 15) is 9.18 Å². The standard InChI is InChI=1S/C10H7FN2O3/c11-6-3-1-2-4-8(6)16-10-12-5-7(13-10)9(14)15/h1-5H,(H,12,13)(H,14,15). The molecule has 0 atom stereocenters. The Balaban J connectivity index is 2.21. The van der Waals surface area contributed by atoms with Crippen molar-refractivity contribution in [2.45, 2.75) is 0 Å². The largest absolute Gasteiger partial charge is 0.477 e. The van der Waals surface area contributed by atoms with E-state index in [1.807, 2.05) is 0 Å². The van der Waals surface area contributed by atoms with Crippen molar-refractivity contribution in [3.8, 4) is 11.8 Å². The average Bonchev–Trinajstić information content (AvgIpc) is 2.70. The van der Waals surface area contributed by atoms with Crippen molar-refractivity contribution in [3.05, 3.63) is 42.0 Å². The molecule has 5 nitrogen and oxygen atoms in total. The normalized spacial score (nSPS) is 10.1. The number of H-pyrrole nitrogens is 1. The highest BCUT2D eigenvalue weighted by atomic mass is 19.1. The number of ether oxygens (including phenoxy) is 1. The minimum absolute atomic E-state index is 0.0196. The SMILES string of the molecule is O=C(O)c1cnc(Oc2ccccc2F)[nH]1. The summed E-state index contributed by atoms with van der Waals surface area (Å²) in [5, 5.41) is 8.62. The first-order chi connectivity index (χ1) is 7.66. The second-order valence-corrected chi connectivity index (χ2v) is 2.94. The fourth-order valence-corrected chi connectivity index (χ4v) is 1.10. The van der Waals surface area contributed by atoms with Crippen LogP contribution in [0.3, 0.4) is 0 Å². The van der Waals surface area contributed by atoms with E-state index in [0.717, 1.165) is 6.20 Å². The maximum atomic E-state index is 13.2. The Labute approximate surface area is 89.5 Å². The number of nitrogens with one attached hydrogen (secondary N) is 1. The van der Waals surface area contributed by atoms with Gasteiger partial charge in [-0.3, -0.25) is 0 Å². The summed E-state index contributed by atoms with van der Waals surface area (Å²) >= 11 is 0. The van der Waals surface area contributed by atoms with Crippen LogP contribution in [0.25, 0.3) is 0 Å². The fraction of sp³-hybridized carbons (Fsp3) is 0. The van der Waals surface area contributed by atoms with Crippen molar-refractivity contribution in [3.63, 3.8) is 0 Å². The molecule has 0 fully saturated rings. The van der Waals surface area contributed by atoms with Gasteiger partial charge in [-0.15, -0.1) is 0 Å². The van der Waals surface area contributed by atoms with Crippen LogP contribution < -0.4 is 4.74 Å². The Bertz CT molecular complexity index is 524. The zero-order valence-corrected chi connectivity index (χ0v) is 7.98. The van der Waals surface area contributed by atoms with Crippen LogP contribution in [-0.2, 0) is 0 Å². The fourth-order valence-electron chi connectivity index (χ4n) is 1.10. The van der Waals surface area contributed by atoms with Gasteiger partial charge in [0, 0.05) is 0 Å². The van der Waals surface area contributed by atoms with Gasteiger partial charge in [-0.25, -0.2) is 14.2 Å². The highest BCUT2D eigenvalue weighted by Gasteiger charge is 2.10. The van der Waals surface area contributed by atoms with E-state index in [-0.39, 0.29) is 17.5 Å². The molecule has 82 valence electrons. The van der Waals surface area contributed by atoms with Crippen molar-refractivity contribution >= 4 is 5.97 Å². The third kappa shape index (κ3) is 2.00. The number of imidazole rings is 1. The summed E-state index contributed by atoms with van der Waals surface area (Å²) in [5.74, 6) is -1.72. The van der Waals surface area contributed by atoms with Gasteiger partial charge in [0.05, 0.1) is 6.20 Å². The topological polar surface area (TPSA) is 75.2 Å². The number of carboxylic acids is 1. The lowest BCUT2D eigenvalue weighted by atomic mass is 10.3. The van der Waals surface area contributed by atoms with Crippen molar-refractivity contribution in [2.24, 2.45) is 0 Å². The predicted octanol–water partition coefficient (Wildman–Crippen LogP) is 2.04. The van der Waals surface area contributed by atoms with Crippen molar-refractivity contribution in [1.29, 1.82) is 0 Å². The van der Waals surface area contributed by atoms with Crippen LogP contribution in [0.5, 0.6) is 11.8 Å². The highest BCUT2D eigenvalue weighted by molar-refractivity contribution is 5.85. The third-order valence-corrected chi connectivity index (χ3v) is 1.83. The van der Waals surface area contributed by atoms with Gasteiger partial charge in [0.25, 0.3) is 6.01 Å². The highest BCUT2D eigenvalue weighted by Crippen LogP contribution is 2.21. The van der Waals surface area contributed by atoms with Crippen LogP contribution >= 0.6 is 0 Å². The molecule has 1 aromatic heterocycles. The van der Waals surface area contributed by atoms with Crippen LogP contribution in [-0.4, -0.2) is 21.0 Å². The van der Waals surface area contributed by atoms with E-state index < -0.39 is 11.8 Å². The minimum Gasteiger partial charge on any atom is -0.477 e. The number of halogens is 1. The lowest BCUT2D eigenvalue weighted by Crippen LogP contribution is -1.96. The molecular formula is C10H7FN2O3. The number of hydrogen-bond acceptors (Lipinski definition) is 3. The summed E-state index contributed by atoms with van der Waals surface area (Å²) in [5.41, 5.74) is -0.119. The van der Waals surface area contributed by atoms with E-state index in [1.54, 1.807) is 6.07 Å². The van der Waals surface area contributed by atoms with Crippen LogP contribution in [0, 0.1) is 5.82 Å². The summed E-state index contributed by atoms with van der Waals surface area (Å²) < 4.78 is 18.2. The summed E-state index contributed by atoms with van der Waals surface area (Å²) in [6.45, 7) is 0. The second kappa shape index (κ2) is 4.01. The van der Waals surface area contributed by atoms with Crippen LogP contribution in [0.1, 0.15) is 10.5 Å². The molecule has 16 heavy (non-hydrogen) atoms. The molecule has 2 aromatic rings. The van der Waals surface area contributed by atoms with Gasteiger partial charge in [0.15, 0.2) is 11.6 Å². The maximum Gasteiger partial charge on any atom is 0.354 e. The number of para-hydroxylation sites is 1. The van der Waals surface area contributed by atoms with Crippen LogP contribution in [0.15, 0.2) is 30.5 Å². The summed E-state index contributed by atoms with van der Waals surface area (Å²) in [7, 11) is 0. The zero-order valence-electron chi connectivity index (χ0n) is 7.98. The molecule has 6 heteroatoms. The van der Waals surface area contributed by atoms with Crippen molar-refractivity contribution < 1.29 is 19.0 Å². The zero-order chi connectivity index (χ0) is 11.5. The van der Waals surface area contributed by atoms with E-state index in [1.165, 1.54) is 18.2 Å². The molecule has 0 saturated heterocycles. The number of aromatic amines is 1. The molecule has 0 amide bonds. The summed E-state index contributed by atoms with van der Waals surface area (Å²) in [6, 6.07) is 5.70. The number of aromatic carboxylic acids is 1. The van der Waals surface area contributed by atoms with Gasteiger partial charge in [0.1, 0.15) is 5.69 Å². The number of nitrogens with zero attached hydrogens (tertiary/aromatic N) is 1. The maximum absolute atomic E-state index is 13.2. The number of carbonyl (C=O) groups is 1. The lowest BCUT2D eigenvalue weighted by Gasteiger charge is -2.01. The Morgan fingerprint density at radius 1 is 1.44 bits per heavy atom. The second-order valence-electron chi connectivity index (χ2n) is 2.94. The number of carboxylic acid groups (broad SMARTS) is 1. The summed E-state index contributed by atoms with van der Waals surface area (Å²) in [4.78, 5) is 16.6. The summed E-state index contributed by atoms with van der Waals surface area (Å²) in [6.07, 6.45) is 1.10.